The van der Waals surface area contributed by atoms with Crippen LogP contribution in [0.25, 0.3) is 10.4 Å². The summed E-state index contributed by atoms with van der Waals surface area (Å²) < 4.78 is 5.47. The molecule has 1 aromatic carbocycles. The Balaban J connectivity index is 1.21. The molecule has 52 heavy (non-hydrogen) atoms. The van der Waals surface area contributed by atoms with E-state index in [1.54, 1.807) is 16.2 Å². The topological polar surface area (TPSA) is 170 Å². The first kappa shape index (κ1) is 38.6. The fourth-order valence-electron chi connectivity index (χ4n) is 6.27. The standard InChI is InChI=1S/C37H50N8O6S/c1-22(24-9-11-25(12-10-24)30-23(2)40-21-52-30)41-33(48)28-17-26(46)20-45(28)34(49)31(36(3,4)5)42-32(47)27-18-39-29(19-38-27)43-13-15-44(16-14-43)35(50)51-37(6,7)8/h9-12,18-19,21-22,26,28,31,46H,13-17,20H2,1-8H3,(H,41,48)(H,42,47)/t22?,26-,28+,31?/m1/s1. The minimum Gasteiger partial charge on any atom is -0.444 e. The van der Waals surface area contributed by atoms with Gasteiger partial charge in [0.05, 0.1) is 40.6 Å². The van der Waals surface area contributed by atoms with E-state index in [0.29, 0.717) is 32.0 Å². The molecule has 3 N–H and O–H groups in total. The summed E-state index contributed by atoms with van der Waals surface area (Å²) in [6.45, 7) is 16.7. The molecule has 0 saturated carbocycles. The van der Waals surface area contributed by atoms with E-state index in [4.69, 9.17) is 4.74 Å². The van der Waals surface area contributed by atoms with Crippen LogP contribution in [0, 0.1) is 12.3 Å². The molecule has 5 rings (SSSR count). The van der Waals surface area contributed by atoms with Gasteiger partial charge < -0.3 is 35.2 Å². The molecule has 0 aliphatic carbocycles. The highest BCUT2D eigenvalue weighted by Gasteiger charge is 2.45. The van der Waals surface area contributed by atoms with Crippen molar-refractivity contribution in [3.63, 3.8) is 0 Å². The van der Waals surface area contributed by atoms with Crippen molar-refractivity contribution in [2.45, 2.75) is 91.6 Å². The fourth-order valence-corrected chi connectivity index (χ4v) is 7.08. The Bertz CT molecular complexity index is 1740. The number of aliphatic hydroxyl groups is 1. The number of aliphatic hydroxyl groups excluding tert-OH is 1. The molecule has 0 spiro atoms. The summed E-state index contributed by atoms with van der Waals surface area (Å²) in [5, 5.41) is 16.5. The minimum absolute atomic E-state index is 0.0271. The van der Waals surface area contributed by atoms with Crippen molar-refractivity contribution in [1.29, 1.82) is 0 Å². The summed E-state index contributed by atoms with van der Waals surface area (Å²) in [6, 6.07) is 5.61. The molecular weight excluding hydrogens is 685 g/mol. The van der Waals surface area contributed by atoms with Gasteiger partial charge in [-0.05, 0) is 51.2 Å². The zero-order chi connectivity index (χ0) is 38.0. The number of anilines is 1. The summed E-state index contributed by atoms with van der Waals surface area (Å²) in [5.74, 6) is -0.883. The van der Waals surface area contributed by atoms with Gasteiger partial charge in [0, 0.05) is 39.1 Å². The van der Waals surface area contributed by atoms with Crippen molar-refractivity contribution in [1.82, 2.24) is 35.4 Å². The first-order valence-electron chi connectivity index (χ1n) is 17.6. The molecule has 14 nitrogen and oxygen atoms in total. The number of thiazole rings is 1. The van der Waals surface area contributed by atoms with Gasteiger partial charge in [0.1, 0.15) is 29.2 Å². The quantitative estimate of drug-likeness (QED) is 0.308. The van der Waals surface area contributed by atoms with Crippen LogP contribution in [-0.4, -0.2) is 110 Å². The van der Waals surface area contributed by atoms with Crippen molar-refractivity contribution in [2.24, 2.45) is 5.41 Å². The van der Waals surface area contributed by atoms with E-state index in [9.17, 15) is 24.3 Å². The van der Waals surface area contributed by atoms with Crippen LogP contribution in [0.5, 0.6) is 0 Å². The number of aromatic nitrogens is 3. The van der Waals surface area contributed by atoms with Crippen LogP contribution in [0.15, 0.2) is 42.2 Å². The van der Waals surface area contributed by atoms with Crippen molar-refractivity contribution in [3.05, 3.63) is 59.1 Å². The van der Waals surface area contributed by atoms with E-state index < -0.39 is 41.0 Å². The number of piperazine rings is 1. The molecule has 2 aromatic heterocycles. The lowest BCUT2D eigenvalue weighted by Crippen LogP contribution is -2.58. The number of ether oxygens (including phenoxy) is 1. The molecule has 2 aliphatic rings. The Morgan fingerprint density at radius 2 is 1.62 bits per heavy atom. The predicted molar refractivity (Wildman–Crippen MR) is 198 cm³/mol. The van der Waals surface area contributed by atoms with Gasteiger partial charge in [-0.15, -0.1) is 11.3 Å². The molecule has 2 unspecified atom stereocenters. The third-order valence-corrected chi connectivity index (χ3v) is 10.1. The molecule has 4 atom stereocenters. The molecular formula is C37H50N8O6S. The van der Waals surface area contributed by atoms with E-state index >= 15 is 0 Å². The third-order valence-electron chi connectivity index (χ3n) is 9.16. The molecule has 4 heterocycles. The van der Waals surface area contributed by atoms with Crippen LogP contribution in [0.4, 0.5) is 10.6 Å². The molecule has 15 heteroatoms. The molecule has 2 saturated heterocycles. The van der Waals surface area contributed by atoms with Crippen LogP contribution in [-0.2, 0) is 14.3 Å². The maximum absolute atomic E-state index is 14.1. The van der Waals surface area contributed by atoms with Crippen LogP contribution in [0.2, 0.25) is 0 Å². The van der Waals surface area contributed by atoms with Crippen molar-refractivity contribution < 1.29 is 29.0 Å². The minimum atomic E-state index is -1.02. The Hall–Kier alpha value is -4.63. The fraction of sp³-hybridized carbons (Fsp3) is 0.541. The van der Waals surface area contributed by atoms with Crippen LogP contribution < -0.4 is 15.5 Å². The van der Waals surface area contributed by atoms with Gasteiger partial charge in [0.25, 0.3) is 5.91 Å². The summed E-state index contributed by atoms with van der Waals surface area (Å²) >= 11 is 1.57. The average molecular weight is 735 g/mol. The summed E-state index contributed by atoms with van der Waals surface area (Å²) in [4.78, 5) is 72.8. The van der Waals surface area contributed by atoms with Crippen LogP contribution in [0.3, 0.4) is 0 Å². The van der Waals surface area contributed by atoms with Gasteiger partial charge in [-0.25, -0.2) is 19.7 Å². The SMILES string of the molecule is Cc1ncsc1-c1ccc(C(C)NC(=O)[C@@H]2C[C@@H](O)CN2C(=O)C(NC(=O)c2cnc(N3CCN(C(=O)OC(C)(C)C)CC3)cn2)C(C)(C)C)cc1. The van der Waals surface area contributed by atoms with Crippen molar-refractivity contribution in [3.8, 4) is 10.4 Å². The number of likely N-dealkylation sites (tertiary alicyclic amines) is 1. The summed E-state index contributed by atoms with van der Waals surface area (Å²) in [6.07, 6.45) is 1.69. The molecule has 280 valence electrons. The first-order valence-corrected chi connectivity index (χ1v) is 18.4. The molecule has 0 bridgehead atoms. The van der Waals surface area contributed by atoms with Gasteiger partial charge in [0.15, 0.2) is 0 Å². The number of rotatable bonds is 8. The largest absolute Gasteiger partial charge is 0.444 e. The number of hydrogen-bond acceptors (Lipinski definition) is 11. The molecule has 4 amide bonds. The number of benzene rings is 1. The van der Waals surface area contributed by atoms with Gasteiger partial charge >= 0.3 is 6.09 Å². The highest BCUT2D eigenvalue weighted by Crippen LogP contribution is 2.30. The van der Waals surface area contributed by atoms with E-state index in [-0.39, 0.29) is 36.7 Å². The van der Waals surface area contributed by atoms with E-state index in [1.165, 1.54) is 17.3 Å². The first-order chi connectivity index (χ1) is 24.4. The van der Waals surface area contributed by atoms with Gasteiger partial charge in [-0.2, -0.15) is 0 Å². The van der Waals surface area contributed by atoms with Gasteiger partial charge in [0.2, 0.25) is 11.8 Å². The number of nitrogens with one attached hydrogen (secondary N) is 2. The van der Waals surface area contributed by atoms with E-state index in [1.807, 2.05) is 90.1 Å². The number of aryl methyl sites for hydroxylation is 1. The van der Waals surface area contributed by atoms with Crippen LogP contribution >= 0.6 is 11.3 Å². The highest BCUT2D eigenvalue weighted by molar-refractivity contribution is 7.13. The Kier molecular flexibility index (Phi) is 11.5. The number of carbonyl (C=O) groups excluding carboxylic acids is 4. The Morgan fingerprint density at radius 3 is 2.17 bits per heavy atom. The number of carbonyl (C=O) groups is 4. The van der Waals surface area contributed by atoms with Crippen molar-refractivity contribution >= 4 is 41.0 Å². The van der Waals surface area contributed by atoms with Gasteiger partial charge in [-0.3, -0.25) is 14.4 Å². The maximum Gasteiger partial charge on any atom is 0.410 e. The second-order valence-corrected chi connectivity index (χ2v) is 16.4. The highest BCUT2D eigenvalue weighted by atomic mass is 32.1. The zero-order valence-electron chi connectivity index (χ0n) is 31.2. The number of amides is 4. The van der Waals surface area contributed by atoms with E-state index in [2.05, 4.69) is 25.6 Å². The number of β-amino-alcohol motifs (C(OH)–C–C–N with tert-alkyl or cyclic N) is 1. The monoisotopic (exact) mass is 734 g/mol. The zero-order valence-corrected chi connectivity index (χ0v) is 32.0. The predicted octanol–water partition coefficient (Wildman–Crippen LogP) is 3.95. The second-order valence-electron chi connectivity index (χ2n) is 15.5. The van der Waals surface area contributed by atoms with Crippen LogP contribution in [0.1, 0.15) is 82.7 Å². The summed E-state index contributed by atoms with van der Waals surface area (Å²) in [7, 11) is 0. The molecule has 2 aliphatic heterocycles. The maximum atomic E-state index is 14.1. The third kappa shape index (κ3) is 9.23. The molecule has 2 fully saturated rings. The second kappa shape index (κ2) is 15.5. The smallest absolute Gasteiger partial charge is 0.410 e. The lowest BCUT2D eigenvalue weighted by molar-refractivity contribution is -0.142. The lowest BCUT2D eigenvalue weighted by atomic mass is 9.85. The molecule has 0 radical (unpaired) electrons. The summed E-state index contributed by atoms with van der Waals surface area (Å²) in [5.41, 5.74) is 3.42. The van der Waals surface area contributed by atoms with E-state index in [0.717, 1.165) is 21.7 Å². The average Bonchev–Trinajstić information content (AvgIpc) is 3.71. The normalized spacial score (nSPS) is 19.2. The number of hydrogen-bond donors (Lipinski definition) is 3. The number of nitrogens with zero attached hydrogens (tertiary/aromatic N) is 6. The van der Waals surface area contributed by atoms with Crippen molar-refractivity contribution in [2.75, 3.05) is 37.6 Å². The Labute approximate surface area is 309 Å². The van der Waals surface area contributed by atoms with Gasteiger partial charge in [-0.1, -0.05) is 45.0 Å². The Morgan fingerprint density at radius 1 is 0.942 bits per heavy atom. The lowest BCUT2D eigenvalue weighted by Gasteiger charge is -2.36. The molecule has 3 aromatic rings.